The summed E-state index contributed by atoms with van der Waals surface area (Å²) < 4.78 is 13.5. The van der Waals surface area contributed by atoms with Crippen LogP contribution < -0.4 is 5.32 Å². The van der Waals surface area contributed by atoms with E-state index in [4.69, 9.17) is 0 Å². The van der Waals surface area contributed by atoms with Crippen LogP contribution >= 0.6 is 11.8 Å². The van der Waals surface area contributed by atoms with E-state index >= 15 is 0 Å². The van der Waals surface area contributed by atoms with Crippen LogP contribution in [-0.2, 0) is 9.59 Å². The van der Waals surface area contributed by atoms with Crippen LogP contribution in [0.1, 0.15) is 31.4 Å². The van der Waals surface area contributed by atoms with Gasteiger partial charge in [0.05, 0.1) is 10.9 Å². The number of nitrogens with one attached hydrogen (secondary N) is 1. The third kappa shape index (κ3) is 3.53. The van der Waals surface area contributed by atoms with Gasteiger partial charge in [-0.2, -0.15) is 0 Å². The summed E-state index contributed by atoms with van der Waals surface area (Å²) in [6.07, 6.45) is 1.31. The number of nitrogens with zero attached hydrogens (tertiary/aromatic N) is 2. The molecule has 1 aromatic carbocycles. The molecule has 2 saturated heterocycles. The highest BCUT2D eigenvalue weighted by molar-refractivity contribution is 8.01. The fourth-order valence-electron chi connectivity index (χ4n) is 3.64. The highest BCUT2D eigenvalue weighted by atomic mass is 32.2. The topological polar surface area (TPSA) is 52.7 Å². The molecule has 2 heterocycles. The maximum atomic E-state index is 13.5. The first-order valence-corrected chi connectivity index (χ1v) is 9.46. The molecule has 1 N–H and O–H groups in total. The van der Waals surface area contributed by atoms with Crippen molar-refractivity contribution < 1.29 is 14.0 Å². The van der Waals surface area contributed by atoms with Gasteiger partial charge in [-0.25, -0.2) is 4.39 Å². The normalized spacial score (nSPS) is 26.8. The van der Waals surface area contributed by atoms with Crippen molar-refractivity contribution in [2.45, 2.75) is 36.7 Å². The lowest BCUT2D eigenvalue weighted by atomic mass is 10.1. The molecule has 5 nitrogen and oxygen atoms in total. The highest BCUT2D eigenvalue weighted by Gasteiger charge is 2.52. The van der Waals surface area contributed by atoms with Crippen LogP contribution in [-0.4, -0.2) is 58.9 Å². The number of thioether (sulfide) groups is 1. The van der Waals surface area contributed by atoms with Crippen molar-refractivity contribution in [2.75, 3.05) is 26.4 Å². The van der Waals surface area contributed by atoms with E-state index in [1.54, 1.807) is 22.7 Å². The Morgan fingerprint density at radius 3 is 2.96 bits per heavy atom. The first kappa shape index (κ1) is 18.2. The molecule has 0 aliphatic carbocycles. The lowest BCUT2D eigenvalue weighted by Crippen LogP contribution is -2.51. The summed E-state index contributed by atoms with van der Waals surface area (Å²) in [4.78, 5) is 28.3. The van der Waals surface area contributed by atoms with Crippen molar-refractivity contribution in [3.05, 3.63) is 35.6 Å². The predicted molar refractivity (Wildman–Crippen MR) is 96.6 cm³/mol. The van der Waals surface area contributed by atoms with Crippen molar-refractivity contribution in [1.82, 2.24) is 15.1 Å². The number of amides is 2. The first-order chi connectivity index (χ1) is 11.8. The number of benzene rings is 1. The lowest BCUT2D eigenvalue weighted by molar-refractivity contribution is -0.138. The molecule has 25 heavy (non-hydrogen) atoms. The monoisotopic (exact) mass is 365 g/mol. The van der Waals surface area contributed by atoms with E-state index in [-0.39, 0.29) is 28.5 Å². The number of hydrogen-bond donors (Lipinski definition) is 1. The van der Waals surface area contributed by atoms with Gasteiger partial charge in [-0.3, -0.25) is 9.59 Å². The van der Waals surface area contributed by atoms with Crippen molar-refractivity contribution >= 4 is 23.6 Å². The van der Waals surface area contributed by atoms with Crippen molar-refractivity contribution in [3.63, 3.8) is 0 Å². The van der Waals surface area contributed by atoms with Gasteiger partial charge in [0.15, 0.2) is 0 Å². The Morgan fingerprint density at radius 1 is 1.52 bits per heavy atom. The number of halogens is 1. The zero-order valence-electron chi connectivity index (χ0n) is 14.8. The molecule has 0 bridgehead atoms. The zero-order chi connectivity index (χ0) is 18.2. The Hall–Kier alpha value is -1.60. The van der Waals surface area contributed by atoms with Crippen LogP contribution in [0.15, 0.2) is 24.3 Å². The van der Waals surface area contributed by atoms with Crippen LogP contribution in [0.2, 0.25) is 0 Å². The molecule has 2 fully saturated rings. The largest absolute Gasteiger partial charge is 0.352 e. The minimum atomic E-state index is -0.416. The summed E-state index contributed by atoms with van der Waals surface area (Å²) in [6.45, 7) is 2.40. The average Bonchev–Trinajstić information content (AvgIpc) is 3.04. The number of fused-ring (bicyclic) bond motifs is 1. The molecule has 0 aromatic heterocycles. The SMILES string of the molecule is CN(C)C(CNC(=O)C1CSC2(C)CCC(=O)N12)c1cccc(F)c1. The summed E-state index contributed by atoms with van der Waals surface area (Å²) >= 11 is 1.68. The molecule has 0 saturated carbocycles. The molecule has 136 valence electrons. The summed E-state index contributed by atoms with van der Waals surface area (Å²) in [6, 6.07) is 5.88. The van der Waals surface area contributed by atoms with Crippen LogP contribution in [0.4, 0.5) is 4.39 Å². The van der Waals surface area contributed by atoms with E-state index in [2.05, 4.69) is 5.32 Å². The van der Waals surface area contributed by atoms with Gasteiger partial charge >= 0.3 is 0 Å². The number of rotatable bonds is 5. The third-order valence-corrected chi connectivity index (χ3v) is 6.58. The van der Waals surface area contributed by atoms with Gasteiger partial charge in [0.2, 0.25) is 11.8 Å². The molecule has 0 radical (unpaired) electrons. The minimum Gasteiger partial charge on any atom is -0.352 e. The molecule has 3 unspecified atom stereocenters. The van der Waals surface area contributed by atoms with E-state index in [0.717, 1.165) is 12.0 Å². The second-order valence-electron chi connectivity index (χ2n) is 7.05. The Bertz CT molecular complexity index is 684. The minimum absolute atomic E-state index is 0.0574. The van der Waals surface area contributed by atoms with E-state index in [1.807, 2.05) is 32.0 Å². The Morgan fingerprint density at radius 2 is 2.28 bits per heavy atom. The molecular weight excluding hydrogens is 341 g/mol. The third-order valence-electron chi connectivity index (χ3n) is 5.07. The number of likely N-dealkylation sites (N-methyl/N-ethyl adjacent to an activating group) is 1. The fraction of sp³-hybridized carbons (Fsp3) is 0.556. The van der Waals surface area contributed by atoms with Gasteiger partial charge in [0.25, 0.3) is 0 Å². The van der Waals surface area contributed by atoms with Gasteiger partial charge in [-0.05, 0) is 45.1 Å². The molecule has 0 spiro atoms. The average molecular weight is 365 g/mol. The van der Waals surface area contributed by atoms with Crippen LogP contribution in [0, 0.1) is 5.82 Å². The summed E-state index contributed by atoms with van der Waals surface area (Å²) in [5, 5.41) is 2.96. The van der Waals surface area contributed by atoms with Gasteiger partial charge in [-0.1, -0.05) is 12.1 Å². The summed E-state index contributed by atoms with van der Waals surface area (Å²) in [5.41, 5.74) is 0.813. The lowest BCUT2D eigenvalue weighted by Gasteiger charge is -2.31. The smallest absolute Gasteiger partial charge is 0.243 e. The molecule has 3 rings (SSSR count). The van der Waals surface area contributed by atoms with E-state index in [0.29, 0.717) is 18.7 Å². The van der Waals surface area contributed by atoms with Crippen LogP contribution in [0.3, 0.4) is 0 Å². The van der Waals surface area contributed by atoms with Gasteiger partial charge in [-0.15, -0.1) is 11.8 Å². The maximum absolute atomic E-state index is 13.5. The predicted octanol–water partition coefficient (Wildman–Crippen LogP) is 2.00. The molecule has 2 amide bonds. The molecular formula is C18H24FN3O2S. The second kappa shape index (κ2) is 6.96. The maximum Gasteiger partial charge on any atom is 0.243 e. The van der Waals surface area contributed by atoms with Crippen molar-refractivity contribution in [1.29, 1.82) is 0 Å². The number of carbonyl (C=O) groups is 2. The van der Waals surface area contributed by atoms with Crippen LogP contribution in [0.25, 0.3) is 0 Å². The molecule has 2 aliphatic rings. The number of carbonyl (C=O) groups excluding carboxylic acids is 2. The Balaban J connectivity index is 1.67. The summed E-state index contributed by atoms with van der Waals surface area (Å²) in [7, 11) is 3.79. The van der Waals surface area contributed by atoms with E-state index in [9.17, 15) is 14.0 Å². The Kier molecular flexibility index (Phi) is 5.06. The first-order valence-electron chi connectivity index (χ1n) is 8.47. The summed E-state index contributed by atoms with van der Waals surface area (Å²) in [5.74, 6) is 0.263. The fourth-order valence-corrected chi connectivity index (χ4v) is 5.07. The highest BCUT2D eigenvalue weighted by Crippen LogP contribution is 2.47. The molecule has 2 aliphatic heterocycles. The second-order valence-corrected chi connectivity index (χ2v) is 8.55. The molecule has 3 atom stereocenters. The standard InChI is InChI=1S/C18H24FN3O2S/c1-18-8-7-16(23)22(18)15(11-25-18)17(24)20-10-14(21(2)3)12-5-4-6-13(19)9-12/h4-6,9,14-15H,7-8,10-11H2,1-3H3,(H,20,24). The zero-order valence-corrected chi connectivity index (χ0v) is 15.6. The van der Waals surface area contributed by atoms with E-state index in [1.165, 1.54) is 12.1 Å². The van der Waals surface area contributed by atoms with Gasteiger partial charge in [0.1, 0.15) is 11.9 Å². The van der Waals surface area contributed by atoms with Crippen LogP contribution in [0.5, 0.6) is 0 Å². The van der Waals surface area contributed by atoms with Crippen molar-refractivity contribution in [2.24, 2.45) is 0 Å². The van der Waals surface area contributed by atoms with Gasteiger partial charge in [0, 0.05) is 18.7 Å². The van der Waals surface area contributed by atoms with Gasteiger partial charge < -0.3 is 15.1 Å². The quantitative estimate of drug-likeness (QED) is 0.867. The molecule has 1 aromatic rings. The molecule has 7 heteroatoms. The van der Waals surface area contributed by atoms with Crippen molar-refractivity contribution in [3.8, 4) is 0 Å². The number of hydrogen-bond acceptors (Lipinski definition) is 4. The Labute approximate surface area is 151 Å². The van der Waals surface area contributed by atoms with E-state index < -0.39 is 6.04 Å².